The molecule has 2 aromatic rings. The molecule has 0 bridgehead atoms. The number of aromatic nitrogens is 2. The quantitative estimate of drug-likeness (QED) is 0.914. The maximum absolute atomic E-state index is 12.7. The Morgan fingerprint density at radius 1 is 1.17 bits per heavy atom. The number of rotatable bonds is 4. The van der Waals surface area contributed by atoms with Gasteiger partial charge in [-0.2, -0.15) is 5.10 Å². The average molecular weight is 345 g/mol. The second-order valence-corrected chi connectivity index (χ2v) is 8.77. The summed E-state index contributed by atoms with van der Waals surface area (Å²) in [5, 5.41) is 7.28. The van der Waals surface area contributed by atoms with E-state index in [2.05, 4.69) is 10.4 Å². The first-order valence-electron chi connectivity index (χ1n) is 8.18. The zero-order chi connectivity index (χ0) is 16.7. The van der Waals surface area contributed by atoms with Gasteiger partial charge in [0.2, 0.25) is 0 Å². The van der Waals surface area contributed by atoms with Crippen molar-refractivity contribution in [2.45, 2.75) is 31.2 Å². The van der Waals surface area contributed by atoms with Crippen LogP contribution in [0.1, 0.15) is 41.2 Å². The van der Waals surface area contributed by atoms with E-state index in [0.717, 1.165) is 24.2 Å². The van der Waals surface area contributed by atoms with Crippen molar-refractivity contribution in [3.8, 4) is 5.69 Å². The zero-order valence-electron chi connectivity index (χ0n) is 13.2. The molecule has 1 aromatic carbocycles. The molecule has 24 heavy (non-hydrogen) atoms. The summed E-state index contributed by atoms with van der Waals surface area (Å²) in [6, 6.07) is 9.45. The van der Waals surface area contributed by atoms with E-state index in [-0.39, 0.29) is 23.5 Å². The van der Waals surface area contributed by atoms with E-state index in [4.69, 9.17) is 0 Å². The molecule has 1 N–H and O–H groups in total. The van der Waals surface area contributed by atoms with Gasteiger partial charge >= 0.3 is 0 Å². The molecule has 126 valence electrons. The minimum Gasteiger partial charge on any atom is -0.348 e. The summed E-state index contributed by atoms with van der Waals surface area (Å²) in [4.78, 5) is 12.7. The molecule has 1 saturated heterocycles. The SMILES string of the molecule is O=C(NC1CCS(=O)(=O)C1)c1cnn(-c2ccccc2)c1C1CC1. The van der Waals surface area contributed by atoms with Gasteiger partial charge in [0.1, 0.15) is 0 Å². The zero-order valence-corrected chi connectivity index (χ0v) is 14.0. The van der Waals surface area contributed by atoms with Gasteiger partial charge < -0.3 is 5.32 Å². The van der Waals surface area contributed by atoms with Crippen LogP contribution in [0.15, 0.2) is 36.5 Å². The molecule has 7 heteroatoms. The Hall–Kier alpha value is -2.15. The predicted octanol–water partition coefficient (Wildman–Crippen LogP) is 1.67. The highest BCUT2D eigenvalue weighted by molar-refractivity contribution is 7.91. The normalized spacial score (nSPS) is 22.4. The van der Waals surface area contributed by atoms with Crippen molar-refractivity contribution in [2.75, 3.05) is 11.5 Å². The van der Waals surface area contributed by atoms with Gasteiger partial charge in [-0.15, -0.1) is 0 Å². The molecule has 1 aliphatic heterocycles. The van der Waals surface area contributed by atoms with Crippen molar-refractivity contribution in [1.29, 1.82) is 0 Å². The molecule has 2 fully saturated rings. The van der Waals surface area contributed by atoms with Crippen molar-refractivity contribution in [1.82, 2.24) is 15.1 Å². The Labute approximate surface area is 140 Å². The highest BCUT2D eigenvalue weighted by Gasteiger charge is 2.35. The minimum atomic E-state index is -3.01. The Kier molecular flexibility index (Phi) is 3.68. The number of hydrogen-bond donors (Lipinski definition) is 1. The van der Waals surface area contributed by atoms with E-state index < -0.39 is 9.84 Å². The molecule has 2 aliphatic rings. The van der Waals surface area contributed by atoms with Crippen LogP contribution >= 0.6 is 0 Å². The van der Waals surface area contributed by atoms with Crippen LogP contribution in [0.3, 0.4) is 0 Å². The van der Waals surface area contributed by atoms with Crippen LogP contribution in [0.5, 0.6) is 0 Å². The highest BCUT2D eigenvalue weighted by atomic mass is 32.2. The molecular weight excluding hydrogens is 326 g/mol. The predicted molar refractivity (Wildman–Crippen MR) is 90.1 cm³/mol. The Morgan fingerprint density at radius 2 is 1.92 bits per heavy atom. The smallest absolute Gasteiger partial charge is 0.255 e. The lowest BCUT2D eigenvalue weighted by Crippen LogP contribution is -2.35. The minimum absolute atomic E-state index is 0.0321. The number of carbonyl (C=O) groups is 1. The first-order valence-corrected chi connectivity index (χ1v) is 10.0. The third kappa shape index (κ3) is 2.96. The summed E-state index contributed by atoms with van der Waals surface area (Å²) in [5.41, 5.74) is 2.42. The van der Waals surface area contributed by atoms with E-state index in [1.54, 1.807) is 6.20 Å². The lowest BCUT2D eigenvalue weighted by Gasteiger charge is -2.12. The van der Waals surface area contributed by atoms with Gasteiger partial charge in [-0.05, 0) is 31.4 Å². The Morgan fingerprint density at radius 3 is 2.54 bits per heavy atom. The van der Waals surface area contributed by atoms with Crippen LogP contribution in [0.4, 0.5) is 0 Å². The number of carbonyl (C=O) groups excluding carboxylic acids is 1. The molecule has 1 amide bonds. The number of benzene rings is 1. The number of para-hydroxylation sites is 1. The monoisotopic (exact) mass is 345 g/mol. The molecule has 4 rings (SSSR count). The van der Waals surface area contributed by atoms with Crippen LogP contribution < -0.4 is 5.32 Å². The molecule has 2 heterocycles. The van der Waals surface area contributed by atoms with Gasteiger partial charge in [0.05, 0.1) is 34.6 Å². The topological polar surface area (TPSA) is 81.1 Å². The lowest BCUT2D eigenvalue weighted by atomic mass is 10.1. The summed E-state index contributed by atoms with van der Waals surface area (Å²) in [6.45, 7) is 0. The second-order valence-electron chi connectivity index (χ2n) is 6.54. The summed E-state index contributed by atoms with van der Waals surface area (Å²) in [6.07, 6.45) is 4.19. The van der Waals surface area contributed by atoms with Crippen LogP contribution in [-0.4, -0.2) is 41.7 Å². The van der Waals surface area contributed by atoms with Crippen LogP contribution in [0.2, 0.25) is 0 Å². The number of amides is 1. The number of nitrogens with zero attached hydrogens (tertiary/aromatic N) is 2. The Bertz CT molecular complexity index is 870. The summed E-state index contributed by atoms with van der Waals surface area (Å²) in [5.74, 6) is 0.308. The fraction of sp³-hybridized carbons (Fsp3) is 0.412. The standard InChI is InChI=1S/C17H19N3O3S/c21-17(19-13-8-9-24(22,23)11-13)15-10-18-20(16(15)12-6-7-12)14-4-2-1-3-5-14/h1-5,10,12-13H,6-9,11H2,(H,19,21). The second kappa shape index (κ2) is 5.73. The van der Waals surface area contributed by atoms with Crippen molar-refractivity contribution >= 4 is 15.7 Å². The summed E-state index contributed by atoms with van der Waals surface area (Å²) >= 11 is 0. The first kappa shape index (κ1) is 15.4. The first-order chi connectivity index (χ1) is 11.5. The number of sulfone groups is 1. The fourth-order valence-electron chi connectivity index (χ4n) is 3.23. The maximum atomic E-state index is 12.7. The summed E-state index contributed by atoms with van der Waals surface area (Å²) < 4.78 is 25.0. The van der Waals surface area contributed by atoms with Crippen LogP contribution in [0, 0.1) is 0 Å². The third-order valence-electron chi connectivity index (χ3n) is 4.58. The van der Waals surface area contributed by atoms with E-state index in [9.17, 15) is 13.2 Å². The van der Waals surface area contributed by atoms with Crippen molar-refractivity contribution < 1.29 is 13.2 Å². The average Bonchev–Trinajstić information content (AvgIpc) is 3.21. The largest absolute Gasteiger partial charge is 0.348 e. The highest BCUT2D eigenvalue weighted by Crippen LogP contribution is 2.42. The molecule has 1 unspecified atom stereocenters. The van der Waals surface area contributed by atoms with Gasteiger partial charge in [-0.3, -0.25) is 4.79 Å². The van der Waals surface area contributed by atoms with Gasteiger partial charge in [-0.25, -0.2) is 13.1 Å². The van der Waals surface area contributed by atoms with Crippen LogP contribution in [0.25, 0.3) is 5.69 Å². The van der Waals surface area contributed by atoms with Gasteiger partial charge in [0.15, 0.2) is 9.84 Å². The van der Waals surface area contributed by atoms with Crippen LogP contribution in [-0.2, 0) is 9.84 Å². The van der Waals surface area contributed by atoms with Crippen molar-refractivity contribution in [2.24, 2.45) is 0 Å². The van der Waals surface area contributed by atoms with E-state index >= 15 is 0 Å². The molecule has 0 radical (unpaired) electrons. The molecule has 1 aromatic heterocycles. The third-order valence-corrected chi connectivity index (χ3v) is 6.35. The van der Waals surface area contributed by atoms with E-state index in [0.29, 0.717) is 17.9 Å². The van der Waals surface area contributed by atoms with Gasteiger partial charge in [-0.1, -0.05) is 18.2 Å². The fourth-order valence-corrected chi connectivity index (χ4v) is 4.90. The number of nitrogens with one attached hydrogen (secondary N) is 1. The maximum Gasteiger partial charge on any atom is 0.255 e. The molecule has 1 atom stereocenters. The van der Waals surface area contributed by atoms with Gasteiger partial charge in [0, 0.05) is 12.0 Å². The molecule has 0 spiro atoms. The molecular formula is C17H19N3O3S. The van der Waals surface area contributed by atoms with E-state index in [1.807, 2.05) is 35.0 Å². The Balaban J connectivity index is 1.61. The molecule has 1 aliphatic carbocycles. The molecule has 1 saturated carbocycles. The van der Waals surface area contributed by atoms with E-state index in [1.165, 1.54) is 0 Å². The molecule has 6 nitrogen and oxygen atoms in total. The lowest BCUT2D eigenvalue weighted by molar-refractivity contribution is 0.0940. The number of hydrogen-bond acceptors (Lipinski definition) is 4. The van der Waals surface area contributed by atoms with Gasteiger partial charge in [0.25, 0.3) is 5.91 Å². The van der Waals surface area contributed by atoms with Crippen molar-refractivity contribution in [3.63, 3.8) is 0 Å². The van der Waals surface area contributed by atoms with Crippen molar-refractivity contribution in [3.05, 3.63) is 47.8 Å². The summed E-state index contributed by atoms with van der Waals surface area (Å²) in [7, 11) is -3.01.